The van der Waals surface area contributed by atoms with Crippen LogP contribution in [0.3, 0.4) is 0 Å². The Balaban J connectivity index is 0.000000431. The summed E-state index contributed by atoms with van der Waals surface area (Å²) in [5, 5.41) is 0. The van der Waals surface area contributed by atoms with Gasteiger partial charge in [0.05, 0.1) is 0 Å². The number of aromatic nitrogens is 1. The molecule has 1 aromatic heterocycles. The quantitative estimate of drug-likeness (QED) is 0.310. The molecule has 3 rings (SSSR count). The average molecular weight is 361 g/mol. The van der Waals surface area contributed by atoms with Gasteiger partial charge in [-0.15, -0.1) is 0 Å². The van der Waals surface area contributed by atoms with Crippen LogP contribution in [0.2, 0.25) is 0 Å². The first kappa shape index (κ1) is 19.7. The number of aryl methyl sites for hydroxylation is 2. The zero-order chi connectivity index (χ0) is 19.3. The van der Waals surface area contributed by atoms with Crippen molar-refractivity contribution in [2.24, 2.45) is 7.05 Å². The van der Waals surface area contributed by atoms with Crippen molar-refractivity contribution in [1.82, 2.24) is 0 Å². The Hall–Kier alpha value is -2.63. The maximum absolute atomic E-state index is 9.75. The van der Waals surface area contributed by atoms with Crippen molar-refractivity contribution in [1.29, 1.82) is 0 Å². The van der Waals surface area contributed by atoms with Gasteiger partial charge in [-0.1, -0.05) is 36.4 Å². The highest BCUT2D eigenvalue weighted by Crippen LogP contribution is 2.26. The van der Waals surface area contributed by atoms with Crippen molar-refractivity contribution in [3.05, 3.63) is 77.9 Å². The van der Waals surface area contributed by atoms with Crippen LogP contribution in [0.25, 0.3) is 22.5 Å². The fourth-order valence-corrected chi connectivity index (χ4v) is 3.14. The Morgan fingerprint density at radius 1 is 0.654 bits per heavy atom. The molecular weight excluding hydrogens is 341 g/mol. The summed E-state index contributed by atoms with van der Waals surface area (Å²) >= 11 is 0. The maximum atomic E-state index is 9.75. The molecule has 0 aliphatic rings. The molecule has 0 aliphatic carbocycles. The molecule has 0 saturated heterocycles. The fourth-order valence-electron chi connectivity index (χ4n) is 3.14. The van der Waals surface area contributed by atoms with Crippen LogP contribution in [-0.4, -0.2) is 7.25 Å². The summed E-state index contributed by atoms with van der Waals surface area (Å²) in [6, 6.07) is 23.5. The standard InChI is InChI=1S/C20H20N.BF4/c1-15-14-16(2)20(18-12-8-5-9-13-18)21(3)19(15)17-10-6-4-7-11-17;2-1(3,4)5/h4-14H,1-3H3;/q+1;-1. The monoisotopic (exact) mass is 361 g/mol. The van der Waals surface area contributed by atoms with Crippen molar-refractivity contribution in [3.8, 4) is 22.5 Å². The normalized spacial score (nSPS) is 10.9. The van der Waals surface area contributed by atoms with Crippen molar-refractivity contribution in [2.75, 3.05) is 0 Å². The smallest absolute Gasteiger partial charge is 0.418 e. The molecule has 1 heterocycles. The summed E-state index contributed by atoms with van der Waals surface area (Å²) in [7, 11) is -3.84. The lowest BCUT2D eigenvalue weighted by Crippen LogP contribution is -2.35. The van der Waals surface area contributed by atoms with Gasteiger partial charge in [-0.2, -0.15) is 4.57 Å². The average Bonchev–Trinajstić information content (AvgIpc) is 2.55. The van der Waals surface area contributed by atoms with Crippen LogP contribution in [0.1, 0.15) is 11.1 Å². The van der Waals surface area contributed by atoms with Crippen LogP contribution in [0, 0.1) is 13.8 Å². The van der Waals surface area contributed by atoms with Crippen LogP contribution in [-0.2, 0) is 7.05 Å². The summed E-state index contributed by atoms with van der Waals surface area (Å²) < 4.78 is 41.3. The van der Waals surface area contributed by atoms with Crippen LogP contribution >= 0.6 is 0 Å². The van der Waals surface area contributed by atoms with E-state index in [9.17, 15) is 17.3 Å². The molecule has 0 fully saturated rings. The molecule has 2 aromatic carbocycles. The Morgan fingerprint density at radius 3 is 1.27 bits per heavy atom. The largest absolute Gasteiger partial charge is 0.673 e. The predicted octanol–water partition coefficient (Wildman–Crippen LogP) is 5.76. The lowest BCUT2D eigenvalue weighted by Gasteiger charge is -2.11. The molecule has 26 heavy (non-hydrogen) atoms. The molecular formula is C20H20BF4N. The van der Waals surface area contributed by atoms with E-state index in [4.69, 9.17) is 0 Å². The Morgan fingerprint density at radius 2 is 0.962 bits per heavy atom. The van der Waals surface area contributed by atoms with Crippen molar-refractivity contribution < 1.29 is 21.8 Å². The van der Waals surface area contributed by atoms with Gasteiger partial charge >= 0.3 is 7.25 Å². The molecule has 0 bridgehead atoms. The first-order chi connectivity index (χ1) is 12.2. The number of rotatable bonds is 2. The molecule has 0 N–H and O–H groups in total. The number of hydrogen-bond donors (Lipinski definition) is 0. The second-order valence-electron chi connectivity index (χ2n) is 5.99. The first-order valence-electron chi connectivity index (χ1n) is 8.17. The van der Waals surface area contributed by atoms with Gasteiger partial charge in [0.1, 0.15) is 7.05 Å². The Kier molecular flexibility index (Phi) is 6.19. The van der Waals surface area contributed by atoms with Crippen molar-refractivity contribution >= 4 is 7.25 Å². The third-order valence-electron chi connectivity index (χ3n) is 3.95. The summed E-state index contributed by atoms with van der Waals surface area (Å²) in [6.45, 7) is 4.37. The van der Waals surface area contributed by atoms with Gasteiger partial charge in [0, 0.05) is 22.3 Å². The van der Waals surface area contributed by atoms with Gasteiger partial charge in [0.15, 0.2) is 0 Å². The Labute approximate surface area is 151 Å². The van der Waals surface area contributed by atoms with E-state index < -0.39 is 7.25 Å². The Bertz CT molecular complexity index is 793. The molecule has 0 amide bonds. The van der Waals surface area contributed by atoms with Crippen molar-refractivity contribution in [3.63, 3.8) is 0 Å². The number of benzene rings is 2. The van der Waals surface area contributed by atoms with E-state index in [2.05, 4.69) is 92.2 Å². The van der Waals surface area contributed by atoms with Gasteiger partial charge in [0.25, 0.3) is 0 Å². The van der Waals surface area contributed by atoms with Gasteiger partial charge in [-0.05, 0) is 44.2 Å². The summed E-state index contributed by atoms with van der Waals surface area (Å²) in [5.74, 6) is 0. The van der Waals surface area contributed by atoms with E-state index in [0.29, 0.717) is 0 Å². The van der Waals surface area contributed by atoms with Gasteiger partial charge < -0.3 is 17.3 Å². The van der Waals surface area contributed by atoms with Crippen molar-refractivity contribution in [2.45, 2.75) is 13.8 Å². The lowest BCUT2D eigenvalue weighted by molar-refractivity contribution is -0.649. The second kappa shape index (κ2) is 8.17. The highest BCUT2D eigenvalue weighted by molar-refractivity contribution is 6.50. The van der Waals surface area contributed by atoms with Crippen LogP contribution in [0.4, 0.5) is 17.3 Å². The minimum atomic E-state index is -6.00. The molecule has 0 saturated carbocycles. The van der Waals surface area contributed by atoms with E-state index in [-0.39, 0.29) is 0 Å². The molecule has 0 spiro atoms. The molecule has 6 heteroatoms. The molecule has 0 radical (unpaired) electrons. The van der Waals surface area contributed by atoms with Crippen LogP contribution < -0.4 is 4.57 Å². The minimum Gasteiger partial charge on any atom is -0.418 e. The molecule has 1 nitrogen and oxygen atoms in total. The molecule has 0 aliphatic heterocycles. The molecule has 0 atom stereocenters. The highest BCUT2D eigenvalue weighted by atomic mass is 19.5. The van der Waals surface area contributed by atoms with Gasteiger partial charge in [-0.25, -0.2) is 0 Å². The van der Waals surface area contributed by atoms with Crippen LogP contribution in [0.5, 0.6) is 0 Å². The summed E-state index contributed by atoms with van der Waals surface area (Å²) in [5.41, 5.74) is 7.69. The zero-order valence-electron chi connectivity index (χ0n) is 14.9. The lowest BCUT2D eigenvalue weighted by atomic mass is 9.99. The topological polar surface area (TPSA) is 3.88 Å². The first-order valence-corrected chi connectivity index (χ1v) is 8.17. The summed E-state index contributed by atoms with van der Waals surface area (Å²) in [6.07, 6.45) is 0. The highest BCUT2D eigenvalue weighted by Gasteiger charge is 2.22. The third kappa shape index (κ3) is 5.18. The molecule has 136 valence electrons. The number of pyridine rings is 1. The van der Waals surface area contributed by atoms with E-state index in [1.54, 1.807) is 0 Å². The number of halogens is 4. The van der Waals surface area contributed by atoms with Gasteiger partial charge in [-0.3, -0.25) is 0 Å². The molecule has 0 unspecified atom stereocenters. The number of nitrogens with zero attached hydrogens (tertiary/aromatic N) is 1. The van der Waals surface area contributed by atoms with E-state index in [1.165, 1.54) is 33.6 Å². The van der Waals surface area contributed by atoms with Crippen LogP contribution in [0.15, 0.2) is 66.7 Å². The maximum Gasteiger partial charge on any atom is 0.673 e. The van der Waals surface area contributed by atoms with Gasteiger partial charge in [0.2, 0.25) is 11.4 Å². The fraction of sp³-hybridized carbons (Fsp3) is 0.150. The van der Waals surface area contributed by atoms with E-state index >= 15 is 0 Å². The van der Waals surface area contributed by atoms with E-state index in [1.807, 2.05) is 0 Å². The zero-order valence-corrected chi connectivity index (χ0v) is 14.9. The predicted molar refractivity (Wildman–Crippen MR) is 98.2 cm³/mol. The van der Waals surface area contributed by atoms with E-state index in [0.717, 1.165) is 0 Å². The SMILES string of the molecule is Cc1cc(C)c(-c2ccccc2)[n+](C)c1-c1ccccc1.F[B-](F)(F)F. The molecule has 3 aromatic rings. The number of hydrogen-bond acceptors (Lipinski definition) is 0. The third-order valence-corrected chi connectivity index (χ3v) is 3.95. The summed E-state index contributed by atoms with van der Waals surface area (Å²) in [4.78, 5) is 0. The minimum absolute atomic E-state index is 1.26. The second-order valence-corrected chi connectivity index (χ2v) is 5.99.